The molecule has 0 saturated carbocycles. The van der Waals surface area contributed by atoms with Crippen LogP contribution in [0, 0.1) is 25.6 Å². The molecule has 0 spiro atoms. The minimum atomic E-state index is -0.900. The van der Waals surface area contributed by atoms with Crippen LogP contribution in [0.25, 0.3) is 22.4 Å². The molecule has 0 aliphatic carbocycles. The first-order valence-corrected chi connectivity index (χ1v) is 9.77. The molecule has 0 fully saturated rings. The molecule has 0 saturated heterocycles. The number of aromatic nitrogens is 1. The van der Waals surface area contributed by atoms with Gasteiger partial charge < -0.3 is 14.5 Å². The van der Waals surface area contributed by atoms with E-state index in [2.05, 4.69) is 10.3 Å². The van der Waals surface area contributed by atoms with Gasteiger partial charge in [-0.1, -0.05) is 6.07 Å². The summed E-state index contributed by atoms with van der Waals surface area (Å²) in [7, 11) is 0. The molecule has 3 aromatic rings. The molecule has 2 aromatic heterocycles. The van der Waals surface area contributed by atoms with Gasteiger partial charge >= 0.3 is 6.09 Å². The van der Waals surface area contributed by atoms with E-state index in [-0.39, 0.29) is 22.3 Å². The van der Waals surface area contributed by atoms with Crippen molar-refractivity contribution in [3.05, 3.63) is 62.9 Å². The zero-order valence-electron chi connectivity index (χ0n) is 18.2. The zero-order valence-corrected chi connectivity index (χ0v) is 18.2. The van der Waals surface area contributed by atoms with Gasteiger partial charge in [0.2, 0.25) is 5.95 Å². The van der Waals surface area contributed by atoms with Crippen LogP contribution >= 0.6 is 0 Å². The predicted octanol–water partition coefficient (Wildman–Crippen LogP) is 5.34. The number of ether oxygens (including phenoxy) is 1. The van der Waals surface area contributed by atoms with Crippen LogP contribution in [0.4, 0.5) is 13.6 Å². The third-order valence-electron chi connectivity index (χ3n) is 4.62. The number of nitrogens with zero attached hydrogens (tertiary/aromatic N) is 1. The molecule has 2 heterocycles. The summed E-state index contributed by atoms with van der Waals surface area (Å²) in [5, 5.41) is 2.98. The molecule has 0 radical (unpaired) electrons. The SMILES string of the molecule is Cc1cc([C@@H](C)NC(=O)OC(C)(C)C)c2oc(-c3nc(F)ccc3F)c(C)c(=O)c2c1. The lowest BCUT2D eigenvalue weighted by atomic mass is 9.99. The second-order valence-corrected chi connectivity index (χ2v) is 8.45. The van der Waals surface area contributed by atoms with Gasteiger partial charge in [-0.3, -0.25) is 4.79 Å². The highest BCUT2D eigenvalue weighted by molar-refractivity contribution is 5.84. The maximum Gasteiger partial charge on any atom is 0.408 e. The van der Waals surface area contributed by atoms with Crippen LogP contribution in [0.1, 0.15) is 50.4 Å². The van der Waals surface area contributed by atoms with Gasteiger partial charge in [0, 0.05) is 11.1 Å². The standard InChI is InChI=1S/C23H24F2N2O4/c1-11-9-14(13(3)26-22(29)31-23(4,5)6)21-15(10-11)19(28)12(2)20(30-21)18-16(24)7-8-17(25)27-18/h7-10,13H,1-6H3,(H,26,29)/t13-/m1/s1. The number of rotatable bonds is 3. The summed E-state index contributed by atoms with van der Waals surface area (Å²) in [6.45, 7) is 10.2. The van der Waals surface area contributed by atoms with Crippen molar-refractivity contribution in [2.24, 2.45) is 0 Å². The molecule has 31 heavy (non-hydrogen) atoms. The minimum absolute atomic E-state index is 0.105. The van der Waals surface area contributed by atoms with E-state index in [4.69, 9.17) is 9.15 Å². The van der Waals surface area contributed by atoms with E-state index in [0.717, 1.165) is 17.7 Å². The second kappa shape index (κ2) is 8.09. The molecular weight excluding hydrogens is 406 g/mol. The largest absolute Gasteiger partial charge is 0.453 e. The second-order valence-electron chi connectivity index (χ2n) is 8.45. The lowest BCUT2D eigenvalue weighted by Crippen LogP contribution is -2.34. The van der Waals surface area contributed by atoms with Crippen LogP contribution in [-0.4, -0.2) is 16.7 Å². The summed E-state index contributed by atoms with van der Waals surface area (Å²) >= 11 is 0. The van der Waals surface area contributed by atoms with Crippen LogP contribution < -0.4 is 10.7 Å². The van der Waals surface area contributed by atoms with Crippen LogP contribution in [-0.2, 0) is 4.74 Å². The summed E-state index contributed by atoms with van der Waals surface area (Å²) < 4.78 is 39.2. The average Bonchev–Trinajstić information content (AvgIpc) is 2.65. The fourth-order valence-corrected chi connectivity index (χ4v) is 3.25. The van der Waals surface area contributed by atoms with Gasteiger partial charge in [0.05, 0.1) is 11.4 Å². The van der Waals surface area contributed by atoms with E-state index in [9.17, 15) is 18.4 Å². The summed E-state index contributed by atoms with van der Waals surface area (Å²) in [4.78, 5) is 28.8. The highest BCUT2D eigenvalue weighted by Gasteiger charge is 2.23. The van der Waals surface area contributed by atoms with Crippen molar-refractivity contribution >= 4 is 17.1 Å². The van der Waals surface area contributed by atoms with E-state index >= 15 is 0 Å². The maximum atomic E-state index is 14.4. The van der Waals surface area contributed by atoms with Crippen LogP contribution in [0.5, 0.6) is 0 Å². The molecule has 1 aromatic carbocycles. The molecule has 3 rings (SSSR count). The molecule has 1 N–H and O–H groups in total. The lowest BCUT2D eigenvalue weighted by molar-refractivity contribution is 0.0508. The van der Waals surface area contributed by atoms with Crippen LogP contribution in [0.2, 0.25) is 0 Å². The van der Waals surface area contributed by atoms with E-state index in [0.29, 0.717) is 5.56 Å². The Morgan fingerprint density at radius 3 is 2.52 bits per heavy atom. The number of carbonyl (C=O) groups is 1. The third kappa shape index (κ3) is 4.73. The number of pyridine rings is 1. The summed E-state index contributed by atoms with van der Waals surface area (Å²) in [5.41, 5.74) is 0.0624. The van der Waals surface area contributed by atoms with Crippen molar-refractivity contribution < 1.29 is 22.7 Å². The number of fused-ring (bicyclic) bond motifs is 1. The number of carbonyl (C=O) groups excluding carboxylic acids is 1. The highest BCUT2D eigenvalue weighted by Crippen LogP contribution is 2.31. The number of alkyl carbamates (subject to hydrolysis) is 1. The molecule has 0 aliphatic rings. The topological polar surface area (TPSA) is 81.4 Å². The number of benzene rings is 1. The van der Waals surface area contributed by atoms with E-state index in [1.807, 2.05) is 0 Å². The van der Waals surface area contributed by atoms with Gasteiger partial charge in [-0.2, -0.15) is 4.39 Å². The fourth-order valence-electron chi connectivity index (χ4n) is 3.25. The fraction of sp³-hybridized carbons (Fsp3) is 0.348. The smallest absolute Gasteiger partial charge is 0.408 e. The lowest BCUT2D eigenvalue weighted by Gasteiger charge is -2.22. The number of nitrogens with one attached hydrogen (secondary N) is 1. The van der Waals surface area contributed by atoms with Crippen molar-refractivity contribution in [1.82, 2.24) is 10.3 Å². The number of hydrogen-bond donors (Lipinski definition) is 1. The van der Waals surface area contributed by atoms with Gasteiger partial charge in [0.1, 0.15) is 16.9 Å². The maximum absolute atomic E-state index is 14.4. The minimum Gasteiger partial charge on any atom is -0.453 e. The number of hydrogen-bond acceptors (Lipinski definition) is 5. The van der Waals surface area contributed by atoms with Gasteiger partial charge in [-0.25, -0.2) is 14.2 Å². The Labute approximate surface area is 178 Å². The van der Waals surface area contributed by atoms with E-state index < -0.39 is 40.6 Å². The Morgan fingerprint density at radius 1 is 1.19 bits per heavy atom. The summed E-state index contributed by atoms with van der Waals surface area (Å²) in [6.07, 6.45) is -0.637. The third-order valence-corrected chi connectivity index (χ3v) is 4.62. The van der Waals surface area contributed by atoms with Gasteiger partial charge in [-0.15, -0.1) is 0 Å². The van der Waals surface area contributed by atoms with Gasteiger partial charge in [-0.05, 0) is 65.3 Å². The molecule has 1 atom stereocenters. The Hall–Kier alpha value is -3.29. The molecule has 6 nitrogen and oxygen atoms in total. The van der Waals surface area contributed by atoms with Crippen LogP contribution in [0.3, 0.4) is 0 Å². The van der Waals surface area contributed by atoms with Gasteiger partial charge in [0.15, 0.2) is 17.0 Å². The Bertz CT molecular complexity index is 1230. The first-order chi connectivity index (χ1) is 14.4. The van der Waals surface area contributed by atoms with E-state index in [1.165, 1.54) is 6.92 Å². The highest BCUT2D eigenvalue weighted by atomic mass is 19.1. The molecule has 0 aliphatic heterocycles. The predicted molar refractivity (Wildman–Crippen MR) is 113 cm³/mol. The Kier molecular flexibility index (Phi) is 5.85. The Balaban J connectivity index is 2.19. The van der Waals surface area contributed by atoms with Crippen molar-refractivity contribution in [2.75, 3.05) is 0 Å². The molecule has 1 amide bonds. The normalized spacial score (nSPS) is 12.6. The number of amides is 1. The molecule has 0 bridgehead atoms. The van der Waals surface area contributed by atoms with Crippen molar-refractivity contribution in [1.29, 1.82) is 0 Å². The first kappa shape index (κ1) is 22.4. The molecule has 0 unspecified atom stereocenters. The Morgan fingerprint density at radius 2 is 1.87 bits per heavy atom. The molecular formula is C23H24F2N2O4. The first-order valence-electron chi connectivity index (χ1n) is 9.77. The van der Waals surface area contributed by atoms with Crippen molar-refractivity contribution in [2.45, 2.75) is 53.2 Å². The number of aryl methyl sites for hydroxylation is 1. The zero-order chi connectivity index (χ0) is 23.1. The van der Waals surface area contributed by atoms with Crippen molar-refractivity contribution in [3.63, 3.8) is 0 Å². The summed E-state index contributed by atoms with van der Waals surface area (Å²) in [6, 6.07) is 4.61. The summed E-state index contributed by atoms with van der Waals surface area (Å²) in [5.74, 6) is -1.88. The van der Waals surface area contributed by atoms with Crippen LogP contribution in [0.15, 0.2) is 33.5 Å². The molecule has 8 heteroatoms. The average molecular weight is 430 g/mol. The quantitative estimate of drug-likeness (QED) is 0.568. The monoisotopic (exact) mass is 430 g/mol. The van der Waals surface area contributed by atoms with E-state index in [1.54, 1.807) is 46.8 Å². The number of halogens is 2. The van der Waals surface area contributed by atoms with Crippen molar-refractivity contribution in [3.8, 4) is 11.5 Å². The van der Waals surface area contributed by atoms with Gasteiger partial charge in [0.25, 0.3) is 0 Å². The molecule has 164 valence electrons.